The van der Waals surface area contributed by atoms with Crippen LogP contribution in [0.1, 0.15) is 50.6 Å². The zero-order chi connectivity index (χ0) is 19.4. The van der Waals surface area contributed by atoms with E-state index >= 15 is 0 Å². The molecular weight excluding hydrogens is 346 g/mol. The third kappa shape index (κ3) is 4.86. The molecule has 0 saturated carbocycles. The van der Waals surface area contributed by atoms with Crippen LogP contribution in [0.25, 0.3) is 0 Å². The first-order valence-electron chi connectivity index (χ1n) is 9.47. The number of carbonyl (C=O) groups is 1. The van der Waals surface area contributed by atoms with E-state index in [1.54, 1.807) is 4.90 Å². The Kier molecular flexibility index (Phi) is 6.11. The molecule has 0 aliphatic carbocycles. The highest BCUT2D eigenvalue weighted by Crippen LogP contribution is 2.32. The van der Waals surface area contributed by atoms with Gasteiger partial charge in [-0.25, -0.2) is 0 Å². The molecule has 27 heavy (non-hydrogen) atoms. The van der Waals surface area contributed by atoms with Crippen LogP contribution in [-0.4, -0.2) is 45.4 Å². The number of amides is 1. The summed E-state index contributed by atoms with van der Waals surface area (Å²) >= 11 is 0. The summed E-state index contributed by atoms with van der Waals surface area (Å²) < 4.78 is 11.3. The van der Waals surface area contributed by atoms with Gasteiger partial charge in [0.25, 0.3) is 0 Å². The molecule has 7 nitrogen and oxygen atoms in total. The van der Waals surface area contributed by atoms with Gasteiger partial charge in [0.2, 0.25) is 17.7 Å². The smallest absolute Gasteiger partial charge is 0.239 e. The van der Waals surface area contributed by atoms with Crippen molar-refractivity contribution in [3.63, 3.8) is 0 Å². The Balaban J connectivity index is 1.65. The quantitative estimate of drug-likeness (QED) is 0.802. The maximum Gasteiger partial charge on any atom is 0.239 e. The number of hydrogen-bond acceptors (Lipinski definition) is 6. The number of aliphatic hydroxyl groups excluding tert-OH is 1. The molecule has 1 N–H and O–H groups in total. The zero-order valence-corrected chi connectivity index (χ0v) is 16.1. The Labute approximate surface area is 159 Å². The maximum atomic E-state index is 12.8. The van der Waals surface area contributed by atoms with Crippen molar-refractivity contribution >= 4 is 5.91 Å². The molecule has 0 radical (unpaired) electrons. The van der Waals surface area contributed by atoms with Crippen LogP contribution in [0.15, 0.2) is 28.7 Å². The summed E-state index contributed by atoms with van der Waals surface area (Å²) in [6.45, 7) is 7.07. The van der Waals surface area contributed by atoms with E-state index in [4.69, 9.17) is 9.15 Å². The van der Waals surface area contributed by atoms with E-state index in [9.17, 15) is 9.90 Å². The van der Waals surface area contributed by atoms with Gasteiger partial charge < -0.3 is 19.2 Å². The van der Waals surface area contributed by atoms with Crippen molar-refractivity contribution < 1.29 is 19.1 Å². The number of β-amino-alcohol motifs (C(OH)–C–C–N with tert-alkyl or cyclic N) is 1. The second kappa shape index (κ2) is 8.52. The molecular formula is C20H27N3O4. The van der Waals surface area contributed by atoms with E-state index < -0.39 is 6.10 Å². The van der Waals surface area contributed by atoms with Gasteiger partial charge in [-0.05, 0) is 23.6 Å². The van der Waals surface area contributed by atoms with Crippen molar-refractivity contribution in [1.82, 2.24) is 15.1 Å². The fourth-order valence-electron chi connectivity index (χ4n) is 3.11. The molecule has 1 aliphatic heterocycles. The van der Waals surface area contributed by atoms with Gasteiger partial charge in [0.15, 0.2) is 0 Å². The van der Waals surface area contributed by atoms with E-state index in [-0.39, 0.29) is 24.9 Å². The van der Waals surface area contributed by atoms with Gasteiger partial charge in [0.1, 0.15) is 11.8 Å². The topological polar surface area (TPSA) is 88.7 Å². The number of ether oxygens (including phenoxy) is 1. The van der Waals surface area contributed by atoms with Gasteiger partial charge in [-0.15, -0.1) is 10.2 Å². The highest BCUT2D eigenvalue weighted by molar-refractivity contribution is 5.79. The molecule has 1 aliphatic rings. The van der Waals surface area contributed by atoms with Crippen LogP contribution in [0.3, 0.4) is 0 Å². The van der Waals surface area contributed by atoms with Crippen molar-refractivity contribution in [2.75, 3.05) is 13.2 Å². The number of rotatable bonds is 7. The number of aromatic nitrogens is 2. The number of benzene rings is 1. The summed E-state index contributed by atoms with van der Waals surface area (Å²) in [5.41, 5.74) is 0.900. The van der Waals surface area contributed by atoms with E-state index in [0.29, 0.717) is 37.1 Å². The Morgan fingerprint density at radius 1 is 1.33 bits per heavy atom. The SMILES string of the molecule is CCc1nnc([C@H]2C[C@@H](O)CN2C(=O)Cc2ccc(OCC(C)C)cc2)o1. The molecule has 0 bridgehead atoms. The van der Waals surface area contributed by atoms with Crippen LogP contribution in [0, 0.1) is 5.92 Å². The van der Waals surface area contributed by atoms with Crippen molar-refractivity contribution in [2.45, 2.75) is 52.2 Å². The average molecular weight is 373 g/mol. The summed E-state index contributed by atoms with van der Waals surface area (Å²) in [7, 11) is 0. The zero-order valence-electron chi connectivity index (χ0n) is 16.1. The molecule has 0 unspecified atom stereocenters. The van der Waals surface area contributed by atoms with Crippen molar-refractivity contribution in [1.29, 1.82) is 0 Å². The van der Waals surface area contributed by atoms with Crippen molar-refractivity contribution in [3.05, 3.63) is 41.6 Å². The monoisotopic (exact) mass is 373 g/mol. The maximum absolute atomic E-state index is 12.8. The predicted octanol–water partition coefficient (Wildman–Crippen LogP) is 2.54. The number of nitrogens with zero attached hydrogens (tertiary/aromatic N) is 3. The van der Waals surface area contributed by atoms with Crippen molar-refractivity contribution in [2.24, 2.45) is 5.92 Å². The molecule has 1 amide bonds. The summed E-state index contributed by atoms with van der Waals surface area (Å²) in [5, 5.41) is 18.1. The lowest BCUT2D eigenvalue weighted by molar-refractivity contribution is -0.132. The minimum Gasteiger partial charge on any atom is -0.493 e. The standard InChI is InChI=1S/C20H27N3O4/c1-4-18-21-22-20(27-18)17-10-15(24)11-23(17)19(25)9-14-5-7-16(8-6-14)26-12-13(2)3/h5-8,13,15,17,24H,4,9-12H2,1-3H3/t15-,17-/m1/s1. The van der Waals surface area contributed by atoms with Crippen LogP contribution < -0.4 is 4.74 Å². The molecule has 1 fully saturated rings. The highest BCUT2D eigenvalue weighted by atomic mass is 16.5. The van der Waals surface area contributed by atoms with Gasteiger partial charge >= 0.3 is 0 Å². The van der Waals surface area contributed by atoms with Gasteiger partial charge in [-0.3, -0.25) is 4.79 Å². The third-order valence-corrected chi connectivity index (χ3v) is 4.53. The number of carbonyl (C=O) groups excluding carboxylic acids is 1. The minimum absolute atomic E-state index is 0.0661. The van der Waals surface area contributed by atoms with E-state index in [0.717, 1.165) is 11.3 Å². The number of aryl methyl sites for hydroxylation is 1. The molecule has 1 saturated heterocycles. The first-order valence-corrected chi connectivity index (χ1v) is 9.47. The Morgan fingerprint density at radius 3 is 2.70 bits per heavy atom. The summed E-state index contributed by atoms with van der Waals surface area (Å²) in [4.78, 5) is 14.5. The van der Waals surface area contributed by atoms with Crippen molar-refractivity contribution in [3.8, 4) is 5.75 Å². The molecule has 2 aromatic rings. The summed E-state index contributed by atoms with van der Waals surface area (Å²) in [6, 6.07) is 7.20. The first-order chi connectivity index (χ1) is 13.0. The summed E-state index contributed by atoms with van der Waals surface area (Å²) in [5.74, 6) is 2.13. The minimum atomic E-state index is -0.581. The molecule has 1 aromatic carbocycles. The number of hydrogen-bond donors (Lipinski definition) is 1. The van der Waals surface area contributed by atoms with Crippen LogP contribution >= 0.6 is 0 Å². The molecule has 0 spiro atoms. The third-order valence-electron chi connectivity index (χ3n) is 4.53. The predicted molar refractivity (Wildman–Crippen MR) is 99.2 cm³/mol. The molecule has 1 aromatic heterocycles. The fourth-order valence-corrected chi connectivity index (χ4v) is 3.11. The molecule has 146 valence electrons. The first kappa shape index (κ1) is 19.4. The lowest BCUT2D eigenvalue weighted by atomic mass is 10.1. The van der Waals surface area contributed by atoms with Crippen LogP contribution in [0.5, 0.6) is 5.75 Å². The number of aliphatic hydroxyl groups is 1. The van der Waals surface area contributed by atoms with Gasteiger partial charge in [0, 0.05) is 19.4 Å². The van der Waals surface area contributed by atoms with E-state index in [1.165, 1.54) is 0 Å². The Morgan fingerprint density at radius 2 is 2.07 bits per heavy atom. The molecule has 2 heterocycles. The average Bonchev–Trinajstić information content (AvgIpc) is 3.27. The van der Waals surface area contributed by atoms with E-state index in [1.807, 2.05) is 31.2 Å². The molecule has 2 atom stereocenters. The fraction of sp³-hybridized carbons (Fsp3) is 0.550. The Hall–Kier alpha value is -2.41. The Bertz CT molecular complexity index is 757. The van der Waals surface area contributed by atoms with Crippen LogP contribution in [-0.2, 0) is 17.6 Å². The van der Waals surface area contributed by atoms with Gasteiger partial charge in [-0.2, -0.15) is 0 Å². The summed E-state index contributed by atoms with van der Waals surface area (Å²) in [6.07, 6.45) is 0.728. The second-order valence-electron chi connectivity index (χ2n) is 7.36. The molecule has 7 heteroatoms. The normalized spacial score (nSPS) is 19.7. The lowest BCUT2D eigenvalue weighted by Crippen LogP contribution is -2.33. The molecule has 3 rings (SSSR count). The highest BCUT2D eigenvalue weighted by Gasteiger charge is 2.38. The second-order valence-corrected chi connectivity index (χ2v) is 7.36. The lowest BCUT2D eigenvalue weighted by Gasteiger charge is -2.21. The van der Waals surface area contributed by atoms with Crippen LogP contribution in [0.2, 0.25) is 0 Å². The van der Waals surface area contributed by atoms with E-state index in [2.05, 4.69) is 24.0 Å². The van der Waals surface area contributed by atoms with Gasteiger partial charge in [0.05, 0.1) is 19.1 Å². The van der Waals surface area contributed by atoms with Crippen LogP contribution in [0.4, 0.5) is 0 Å². The van der Waals surface area contributed by atoms with Gasteiger partial charge in [-0.1, -0.05) is 32.9 Å². The number of likely N-dealkylation sites (tertiary alicyclic amines) is 1. The largest absolute Gasteiger partial charge is 0.493 e.